The molecule has 0 atom stereocenters. The fourth-order valence-corrected chi connectivity index (χ4v) is 2.83. The third-order valence-corrected chi connectivity index (χ3v) is 3.69. The second-order valence-corrected chi connectivity index (χ2v) is 4.61. The average molecular weight is 210 g/mol. The summed E-state index contributed by atoms with van der Waals surface area (Å²) in [6, 6.07) is 0. The molecule has 0 aromatic heterocycles. The van der Waals surface area contributed by atoms with Crippen LogP contribution in [0.25, 0.3) is 0 Å². The Kier molecular flexibility index (Phi) is 2.78. The van der Waals surface area contributed by atoms with E-state index < -0.39 is 0 Å². The number of carbonyl (C=O) groups is 2. The van der Waals surface area contributed by atoms with Gasteiger partial charge in [-0.25, -0.2) is 0 Å². The van der Waals surface area contributed by atoms with E-state index in [4.69, 9.17) is 5.73 Å². The number of carbonyl (C=O) groups excluding carboxylic acids is 2. The molecule has 0 bridgehead atoms. The van der Waals surface area contributed by atoms with Crippen LogP contribution in [-0.4, -0.2) is 28.8 Å². The Morgan fingerprint density at radius 3 is 2.07 bits per heavy atom. The van der Waals surface area contributed by atoms with Crippen LogP contribution in [0.2, 0.25) is 0 Å². The lowest BCUT2D eigenvalue weighted by atomic mass is 9.80. The van der Waals surface area contributed by atoms with Crippen molar-refractivity contribution in [1.29, 1.82) is 0 Å². The van der Waals surface area contributed by atoms with Crippen LogP contribution in [0, 0.1) is 0 Å². The van der Waals surface area contributed by atoms with Crippen molar-refractivity contribution in [1.82, 2.24) is 4.90 Å². The SMILES string of the molecule is NCC1(N2C(=O)CCC2=O)CCCCC1. The molecule has 84 valence electrons. The molecule has 2 amide bonds. The van der Waals surface area contributed by atoms with Crippen molar-refractivity contribution >= 4 is 11.8 Å². The number of rotatable bonds is 2. The van der Waals surface area contributed by atoms with Crippen LogP contribution < -0.4 is 5.73 Å². The molecule has 0 unspecified atom stereocenters. The van der Waals surface area contributed by atoms with Crippen molar-refractivity contribution < 1.29 is 9.59 Å². The van der Waals surface area contributed by atoms with Gasteiger partial charge in [0, 0.05) is 19.4 Å². The van der Waals surface area contributed by atoms with E-state index in [2.05, 4.69) is 0 Å². The Labute approximate surface area is 89.8 Å². The minimum Gasteiger partial charge on any atom is -0.328 e. The number of nitrogens with two attached hydrogens (primary N) is 1. The molecule has 0 aromatic carbocycles. The van der Waals surface area contributed by atoms with Crippen LogP contribution in [0.5, 0.6) is 0 Å². The van der Waals surface area contributed by atoms with Gasteiger partial charge in [-0.3, -0.25) is 14.5 Å². The van der Waals surface area contributed by atoms with Crippen molar-refractivity contribution in [3.63, 3.8) is 0 Å². The molecule has 0 spiro atoms. The summed E-state index contributed by atoms with van der Waals surface area (Å²) in [5.41, 5.74) is 5.45. The summed E-state index contributed by atoms with van der Waals surface area (Å²) >= 11 is 0. The molecule has 4 nitrogen and oxygen atoms in total. The second kappa shape index (κ2) is 3.93. The molecule has 0 radical (unpaired) electrons. The summed E-state index contributed by atoms with van der Waals surface area (Å²) in [7, 11) is 0. The van der Waals surface area contributed by atoms with Crippen LogP contribution in [0.4, 0.5) is 0 Å². The summed E-state index contributed by atoms with van der Waals surface area (Å²) in [6.07, 6.45) is 5.88. The maximum atomic E-state index is 11.7. The van der Waals surface area contributed by atoms with Gasteiger partial charge in [-0.15, -0.1) is 0 Å². The molecule has 4 heteroatoms. The first-order chi connectivity index (χ1) is 7.19. The van der Waals surface area contributed by atoms with Gasteiger partial charge < -0.3 is 5.73 Å². The van der Waals surface area contributed by atoms with Gasteiger partial charge in [0.25, 0.3) is 0 Å². The van der Waals surface area contributed by atoms with Gasteiger partial charge in [-0.1, -0.05) is 19.3 Å². The lowest BCUT2D eigenvalue weighted by Crippen LogP contribution is -2.57. The minimum atomic E-state index is -0.344. The summed E-state index contributed by atoms with van der Waals surface area (Å²) < 4.78 is 0. The van der Waals surface area contributed by atoms with Gasteiger partial charge >= 0.3 is 0 Å². The van der Waals surface area contributed by atoms with Gasteiger partial charge in [0.1, 0.15) is 0 Å². The number of hydrogen-bond acceptors (Lipinski definition) is 3. The van der Waals surface area contributed by atoms with Gasteiger partial charge in [0.05, 0.1) is 5.54 Å². The monoisotopic (exact) mass is 210 g/mol. The zero-order valence-electron chi connectivity index (χ0n) is 9.00. The molecule has 1 aliphatic carbocycles. The summed E-state index contributed by atoms with van der Waals surface area (Å²) in [5.74, 6) is -0.0419. The molecule has 1 saturated heterocycles. The van der Waals surface area contributed by atoms with E-state index >= 15 is 0 Å². The molecule has 2 rings (SSSR count). The number of hydrogen-bond donors (Lipinski definition) is 1. The number of amides is 2. The van der Waals surface area contributed by atoms with Crippen LogP contribution in [0.1, 0.15) is 44.9 Å². The number of likely N-dealkylation sites (tertiary alicyclic amines) is 1. The van der Waals surface area contributed by atoms with Gasteiger partial charge in [-0.2, -0.15) is 0 Å². The maximum Gasteiger partial charge on any atom is 0.230 e. The maximum absolute atomic E-state index is 11.7. The highest BCUT2D eigenvalue weighted by atomic mass is 16.2. The van der Waals surface area contributed by atoms with Crippen LogP contribution in [0.3, 0.4) is 0 Å². The van der Waals surface area contributed by atoms with Crippen LogP contribution >= 0.6 is 0 Å². The average Bonchev–Trinajstić information content (AvgIpc) is 2.60. The van der Waals surface area contributed by atoms with Crippen molar-refractivity contribution in [3.05, 3.63) is 0 Å². The zero-order valence-corrected chi connectivity index (χ0v) is 9.00. The largest absolute Gasteiger partial charge is 0.328 e. The topological polar surface area (TPSA) is 63.4 Å². The lowest BCUT2D eigenvalue weighted by molar-refractivity contribution is -0.146. The quantitative estimate of drug-likeness (QED) is 0.685. The highest BCUT2D eigenvalue weighted by Gasteiger charge is 2.45. The van der Waals surface area contributed by atoms with Crippen molar-refractivity contribution in [2.75, 3.05) is 6.54 Å². The highest BCUT2D eigenvalue weighted by molar-refractivity contribution is 6.02. The van der Waals surface area contributed by atoms with E-state index in [9.17, 15) is 9.59 Å². The predicted molar refractivity (Wildman–Crippen MR) is 56.0 cm³/mol. The first-order valence-electron chi connectivity index (χ1n) is 5.76. The van der Waals surface area contributed by atoms with E-state index in [0.717, 1.165) is 25.7 Å². The van der Waals surface area contributed by atoms with Crippen LogP contribution in [-0.2, 0) is 9.59 Å². The molecule has 0 aromatic rings. The van der Waals surface area contributed by atoms with Crippen molar-refractivity contribution in [3.8, 4) is 0 Å². The molecule has 1 aliphatic heterocycles. The molecule has 2 fully saturated rings. The Bertz CT molecular complexity index is 266. The predicted octanol–water partition coefficient (Wildman–Crippen LogP) is 0.797. The molecule has 2 aliphatic rings. The Hall–Kier alpha value is -0.900. The Morgan fingerprint density at radius 1 is 1.07 bits per heavy atom. The number of nitrogens with zero attached hydrogens (tertiary/aromatic N) is 1. The third-order valence-electron chi connectivity index (χ3n) is 3.69. The van der Waals surface area contributed by atoms with E-state index in [1.165, 1.54) is 11.3 Å². The zero-order chi connectivity index (χ0) is 10.9. The third kappa shape index (κ3) is 1.67. The molecular weight excluding hydrogens is 192 g/mol. The normalized spacial score (nSPS) is 26.1. The van der Waals surface area contributed by atoms with E-state index in [1.54, 1.807) is 0 Å². The molecule has 1 saturated carbocycles. The summed E-state index contributed by atoms with van der Waals surface area (Å²) in [5, 5.41) is 0. The fourth-order valence-electron chi connectivity index (χ4n) is 2.83. The fraction of sp³-hybridized carbons (Fsp3) is 0.818. The smallest absolute Gasteiger partial charge is 0.230 e. The summed E-state index contributed by atoms with van der Waals surface area (Å²) in [4.78, 5) is 24.9. The molecule has 15 heavy (non-hydrogen) atoms. The van der Waals surface area contributed by atoms with Crippen LogP contribution in [0.15, 0.2) is 0 Å². The molecule has 1 heterocycles. The van der Waals surface area contributed by atoms with Crippen molar-refractivity contribution in [2.45, 2.75) is 50.5 Å². The van der Waals surface area contributed by atoms with Gasteiger partial charge in [0.2, 0.25) is 11.8 Å². The van der Waals surface area contributed by atoms with Gasteiger partial charge in [0.15, 0.2) is 0 Å². The lowest BCUT2D eigenvalue weighted by Gasteiger charge is -2.42. The van der Waals surface area contributed by atoms with E-state index in [-0.39, 0.29) is 17.4 Å². The molecule has 2 N–H and O–H groups in total. The Morgan fingerprint density at radius 2 is 1.60 bits per heavy atom. The van der Waals surface area contributed by atoms with Crippen molar-refractivity contribution in [2.24, 2.45) is 5.73 Å². The minimum absolute atomic E-state index is 0.0210. The number of imide groups is 1. The Balaban J connectivity index is 2.24. The first-order valence-corrected chi connectivity index (χ1v) is 5.76. The summed E-state index contributed by atoms with van der Waals surface area (Å²) in [6.45, 7) is 0.421. The molecular formula is C11H18N2O2. The van der Waals surface area contributed by atoms with E-state index in [0.29, 0.717) is 19.4 Å². The van der Waals surface area contributed by atoms with Gasteiger partial charge in [-0.05, 0) is 12.8 Å². The van der Waals surface area contributed by atoms with E-state index in [1.807, 2.05) is 0 Å². The second-order valence-electron chi connectivity index (χ2n) is 4.61. The standard InChI is InChI=1S/C11H18N2O2/c12-8-11(6-2-1-3-7-11)13-9(14)4-5-10(13)15/h1-8,12H2. The first kappa shape index (κ1) is 10.6. The highest BCUT2D eigenvalue weighted by Crippen LogP contribution is 2.36.